The third-order valence-electron chi connectivity index (χ3n) is 7.38. The van der Waals surface area contributed by atoms with E-state index in [1.54, 1.807) is 0 Å². The molecule has 0 aliphatic carbocycles. The normalized spacial score (nSPS) is 11.3. The first-order valence-electron chi connectivity index (χ1n) is 14.1. The maximum absolute atomic E-state index is 11.4. The van der Waals surface area contributed by atoms with E-state index in [2.05, 4.69) is 83.8 Å². The monoisotopic (exact) mass is 521 g/mol. The number of para-hydroxylation sites is 1. The van der Waals surface area contributed by atoms with Crippen LogP contribution in [0.1, 0.15) is 68.2 Å². The molecule has 0 aliphatic rings. The summed E-state index contributed by atoms with van der Waals surface area (Å²) in [5.74, 6) is 2.02. The van der Waals surface area contributed by atoms with E-state index in [0.29, 0.717) is 18.4 Å². The van der Waals surface area contributed by atoms with Crippen molar-refractivity contribution in [2.75, 3.05) is 25.1 Å². The Hall–Kier alpha value is -3.72. The molecule has 0 atom stereocenters. The summed E-state index contributed by atoms with van der Waals surface area (Å²) in [6, 6.07) is 27.1. The summed E-state index contributed by atoms with van der Waals surface area (Å²) in [5, 5.41) is 11.4. The highest BCUT2D eigenvalue weighted by atomic mass is 16.5. The molecule has 3 nitrogen and oxygen atoms in total. The van der Waals surface area contributed by atoms with Crippen molar-refractivity contribution in [3.63, 3.8) is 0 Å². The van der Waals surface area contributed by atoms with E-state index in [0.717, 1.165) is 52.1 Å². The Morgan fingerprint density at radius 3 is 1.97 bits per heavy atom. The Morgan fingerprint density at radius 1 is 0.718 bits per heavy atom. The average Bonchev–Trinajstić information content (AvgIpc) is 2.92. The third-order valence-corrected chi connectivity index (χ3v) is 7.38. The molecule has 4 aromatic carbocycles. The van der Waals surface area contributed by atoms with Crippen molar-refractivity contribution in [1.29, 1.82) is 0 Å². The lowest BCUT2D eigenvalue weighted by molar-refractivity contribution is 0.313. The molecular formula is C36H43NO2. The van der Waals surface area contributed by atoms with Crippen molar-refractivity contribution >= 4 is 5.69 Å². The Bertz CT molecular complexity index is 1380. The van der Waals surface area contributed by atoms with Crippen molar-refractivity contribution in [3.05, 3.63) is 101 Å². The van der Waals surface area contributed by atoms with Crippen LogP contribution in [0.5, 0.6) is 11.5 Å². The fourth-order valence-electron chi connectivity index (χ4n) is 5.35. The van der Waals surface area contributed by atoms with Gasteiger partial charge in [0.2, 0.25) is 0 Å². The van der Waals surface area contributed by atoms with Gasteiger partial charge in [-0.15, -0.1) is 0 Å². The first kappa shape index (κ1) is 28.3. The van der Waals surface area contributed by atoms with Gasteiger partial charge in [0, 0.05) is 36.0 Å². The lowest BCUT2D eigenvalue weighted by Gasteiger charge is -2.28. The van der Waals surface area contributed by atoms with Crippen molar-refractivity contribution < 1.29 is 9.84 Å². The van der Waals surface area contributed by atoms with Gasteiger partial charge in [-0.2, -0.15) is 0 Å². The molecule has 1 N–H and O–H groups in total. The Labute approximate surface area is 235 Å². The van der Waals surface area contributed by atoms with Crippen LogP contribution in [-0.4, -0.2) is 25.3 Å². The minimum absolute atomic E-state index is 0.286. The number of benzene rings is 4. The maximum Gasteiger partial charge on any atom is 0.131 e. The van der Waals surface area contributed by atoms with Crippen LogP contribution in [0.2, 0.25) is 0 Å². The fourth-order valence-corrected chi connectivity index (χ4v) is 5.35. The summed E-state index contributed by atoms with van der Waals surface area (Å²) in [6.07, 6.45) is 0.892. The van der Waals surface area contributed by atoms with Gasteiger partial charge in [0.05, 0.1) is 6.61 Å². The van der Waals surface area contributed by atoms with Crippen molar-refractivity contribution in [3.8, 4) is 33.8 Å². The number of phenols is 1. The van der Waals surface area contributed by atoms with Crippen LogP contribution in [0.25, 0.3) is 22.3 Å². The average molecular weight is 522 g/mol. The Balaban J connectivity index is 1.55. The fraction of sp³-hybridized carbons (Fsp3) is 0.333. The lowest BCUT2D eigenvalue weighted by Crippen LogP contribution is -2.23. The van der Waals surface area contributed by atoms with Crippen LogP contribution in [0.3, 0.4) is 0 Å². The smallest absolute Gasteiger partial charge is 0.131 e. The summed E-state index contributed by atoms with van der Waals surface area (Å²) >= 11 is 0. The molecule has 0 amide bonds. The van der Waals surface area contributed by atoms with Crippen LogP contribution in [0.15, 0.2) is 78.9 Å². The predicted octanol–water partition coefficient (Wildman–Crippen LogP) is 9.50. The van der Waals surface area contributed by atoms with Gasteiger partial charge >= 0.3 is 0 Å². The molecule has 39 heavy (non-hydrogen) atoms. The zero-order chi connectivity index (χ0) is 28.1. The SMILES string of the molecule is Cc1ccc(OCCCN(C)c2c(C(C)C)cccc2C(C)C)c(-c2cc(C)cc(-c3ccccc3)c2O)c1. The lowest BCUT2D eigenvalue weighted by atomic mass is 9.92. The second kappa shape index (κ2) is 12.4. The molecule has 4 rings (SSSR count). The number of anilines is 1. The largest absolute Gasteiger partial charge is 0.507 e. The number of aromatic hydroxyl groups is 1. The molecule has 0 aromatic heterocycles. The van der Waals surface area contributed by atoms with Crippen molar-refractivity contribution in [2.24, 2.45) is 0 Å². The number of ether oxygens (including phenoxy) is 1. The Kier molecular flexibility index (Phi) is 9.01. The van der Waals surface area contributed by atoms with Crippen molar-refractivity contribution in [1.82, 2.24) is 0 Å². The van der Waals surface area contributed by atoms with Gasteiger partial charge in [0.25, 0.3) is 0 Å². The third kappa shape index (κ3) is 6.47. The predicted molar refractivity (Wildman–Crippen MR) is 166 cm³/mol. The molecular weight excluding hydrogens is 478 g/mol. The number of phenolic OH excluding ortho intramolecular Hbond substituents is 1. The highest BCUT2D eigenvalue weighted by Gasteiger charge is 2.18. The van der Waals surface area contributed by atoms with Gasteiger partial charge in [0.15, 0.2) is 0 Å². The quantitative estimate of drug-likeness (QED) is 0.211. The molecule has 0 spiro atoms. The first-order valence-corrected chi connectivity index (χ1v) is 14.1. The zero-order valence-electron chi connectivity index (χ0n) is 24.6. The number of hydrogen-bond donors (Lipinski definition) is 1. The maximum atomic E-state index is 11.4. The first-order chi connectivity index (χ1) is 18.7. The molecule has 204 valence electrons. The summed E-state index contributed by atoms with van der Waals surface area (Å²) < 4.78 is 6.39. The molecule has 0 unspecified atom stereocenters. The van der Waals surface area contributed by atoms with E-state index >= 15 is 0 Å². The van der Waals surface area contributed by atoms with Crippen LogP contribution in [0, 0.1) is 13.8 Å². The Morgan fingerprint density at radius 2 is 1.33 bits per heavy atom. The summed E-state index contributed by atoms with van der Waals surface area (Å²) in [6.45, 7) is 14.7. The number of rotatable bonds is 10. The van der Waals surface area contributed by atoms with Crippen LogP contribution in [0.4, 0.5) is 5.69 Å². The van der Waals surface area contributed by atoms with Gasteiger partial charge < -0.3 is 14.7 Å². The van der Waals surface area contributed by atoms with E-state index in [9.17, 15) is 5.11 Å². The topological polar surface area (TPSA) is 32.7 Å². The number of nitrogens with zero attached hydrogens (tertiary/aromatic N) is 1. The van der Waals surface area contributed by atoms with Gasteiger partial charge in [-0.3, -0.25) is 0 Å². The van der Waals surface area contributed by atoms with Gasteiger partial charge in [-0.1, -0.05) is 87.9 Å². The molecule has 0 heterocycles. The van der Waals surface area contributed by atoms with E-state index in [1.165, 1.54) is 16.8 Å². The summed E-state index contributed by atoms with van der Waals surface area (Å²) in [4.78, 5) is 2.39. The highest BCUT2D eigenvalue weighted by molar-refractivity contribution is 5.85. The second-order valence-electron chi connectivity index (χ2n) is 11.3. The van der Waals surface area contributed by atoms with Crippen LogP contribution >= 0.6 is 0 Å². The molecule has 0 fully saturated rings. The molecule has 0 saturated heterocycles. The van der Waals surface area contributed by atoms with Gasteiger partial charge in [-0.25, -0.2) is 0 Å². The number of hydrogen-bond acceptors (Lipinski definition) is 3. The van der Waals surface area contributed by atoms with E-state index in [1.807, 2.05) is 48.5 Å². The molecule has 4 aromatic rings. The van der Waals surface area contributed by atoms with E-state index < -0.39 is 0 Å². The molecule has 0 radical (unpaired) electrons. The van der Waals surface area contributed by atoms with E-state index in [4.69, 9.17) is 4.74 Å². The van der Waals surface area contributed by atoms with Crippen LogP contribution < -0.4 is 9.64 Å². The summed E-state index contributed by atoms with van der Waals surface area (Å²) in [7, 11) is 2.19. The van der Waals surface area contributed by atoms with Crippen molar-refractivity contribution in [2.45, 2.75) is 59.8 Å². The van der Waals surface area contributed by atoms with Crippen LogP contribution in [-0.2, 0) is 0 Å². The summed E-state index contributed by atoms with van der Waals surface area (Å²) in [5.41, 5.74) is 9.95. The molecule has 3 heteroatoms. The van der Waals surface area contributed by atoms with Gasteiger partial charge in [-0.05, 0) is 78.6 Å². The van der Waals surface area contributed by atoms with Gasteiger partial charge in [0.1, 0.15) is 11.5 Å². The minimum atomic E-state index is 0.286. The minimum Gasteiger partial charge on any atom is -0.507 e. The second-order valence-corrected chi connectivity index (χ2v) is 11.3. The standard InChI is InChI=1S/C36H43NO2/c1-24(2)29-15-11-16-30(25(3)4)35(29)37(7)19-12-20-39-34-18-17-26(5)21-32(34)33-23-27(6)22-31(36(33)38)28-13-9-8-10-14-28/h8-11,13-18,21-25,38H,12,19-20H2,1-7H3. The highest BCUT2D eigenvalue weighted by Crippen LogP contribution is 2.43. The molecule has 0 bridgehead atoms. The number of aryl methyl sites for hydroxylation is 2. The van der Waals surface area contributed by atoms with E-state index in [-0.39, 0.29) is 5.75 Å². The molecule has 0 aliphatic heterocycles. The zero-order valence-corrected chi connectivity index (χ0v) is 24.6. The molecule has 0 saturated carbocycles.